The maximum atomic E-state index is 13.3. The Morgan fingerprint density at radius 2 is 1.84 bits per heavy atom. The molecule has 0 bridgehead atoms. The zero-order chi connectivity index (χ0) is 18.2. The Labute approximate surface area is 148 Å². The molecule has 1 aromatic carbocycles. The summed E-state index contributed by atoms with van der Waals surface area (Å²) in [7, 11) is -3.81. The van der Waals surface area contributed by atoms with E-state index in [1.165, 1.54) is 16.4 Å². The van der Waals surface area contributed by atoms with Crippen LogP contribution < -0.4 is 0 Å². The molecule has 0 radical (unpaired) electrons. The molecule has 7 heteroatoms. The van der Waals surface area contributed by atoms with Crippen molar-refractivity contribution in [3.05, 3.63) is 29.6 Å². The molecular weight excluding hydrogens is 343 g/mol. The molecule has 2 saturated heterocycles. The average molecular weight is 368 g/mol. The first-order valence-corrected chi connectivity index (χ1v) is 10.3. The molecule has 2 aliphatic rings. The van der Waals surface area contributed by atoms with Crippen LogP contribution in [0.3, 0.4) is 0 Å². The van der Waals surface area contributed by atoms with E-state index in [2.05, 4.69) is 6.92 Å². The van der Waals surface area contributed by atoms with Crippen LogP contribution in [0.5, 0.6) is 0 Å². The SMILES string of the molecule is Cc1cc(F)ccc1S(=O)(=O)N1CCC[C@H]1C(=O)N1CCC(C)CC1. The van der Waals surface area contributed by atoms with Gasteiger partial charge in [0.2, 0.25) is 15.9 Å². The number of carbonyl (C=O) groups excluding carboxylic acids is 1. The fourth-order valence-corrected chi connectivity index (χ4v) is 5.60. The van der Waals surface area contributed by atoms with Crippen molar-refractivity contribution in [3.8, 4) is 0 Å². The first-order chi connectivity index (χ1) is 11.8. The summed E-state index contributed by atoms with van der Waals surface area (Å²) in [5.74, 6) is 0.0509. The van der Waals surface area contributed by atoms with E-state index in [4.69, 9.17) is 0 Å². The van der Waals surface area contributed by atoms with Crippen molar-refractivity contribution >= 4 is 15.9 Å². The summed E-state index contributed by atoms with van der Waals surface area (Å²) >= 11 is 0. The highest BCUT2D eigenvalue weighted by molar-refractivity contribution is 7.89. The minimum atomic E-state index is -3.81. The third kappa shape index (κ3) is 3.58. The van der Waals surface area contributed by atoms with Crippen molar-refractivity contribution in [1.82, 2.24) is 9.21 Å². The molecule has 0 spiro atoms. The van der Waals surface area contributed by atoms with Crippen molar-refractivity contribution in [2.75, 3.05) is 19.6 Å². The molecule has 0 aromatic heterocycles. The summed E-state index contributed by atoms with van der Waals surface area (Å²) in [5.41, 5.74) is 0.366. The van der Waals surface area contributed by atoms with Gasteiger partial charge in [0.05, 0.1) is 4.90 Å². The highest BCUT2D eigenvalue weighted by Crippen LogP contribution is 2.30. The first kappa shape index (κ1) is 18.3. The molecule has 0 N–H and O–H groups in total. The Kier molecular flexibility index (Phi) is 5.16. The molecule has 1 amide bonds. The van der Waals surface area contributed by atoms with Gasteiger partial charge in [0.15, 0.2) is 0 Å². The Balaban J connectivity index is 1.84. The molecule has 0 saturated carbocycles. The third-order valence-electron chi connectivity index (χ3n) is 5.31. The summed E-state index contributed by atoms with van der Waals surface area (Å²) in [6, 6.07) is 3.02. The van der Waals surface area contributed by atoms with Crippen LogP contribution in [0.2, 0.25) is 0 Å². The topological polar surface area (TPSA) is 57.7 Å². The van der Waals surface area contributed by atoms with E-state index in [1.807, 2.05) is 0 Å². The van der Waals surface area contributed by atoms with Gasteiger partial charge < -0.3 is 4.90 Å². The predicted octanol–water partition coefficient (Wildman–Crippen LogP) is 2.55. The second-order valence-corrected chi connectivity index (χ2v) is 9.05. The average Bonchev–Trinajstić information content (AvgIpc) is 3.05. The fourth-order valence-electron chi connectivity index (χ4n) is 3.74. The molecule has 1 atom stereocenters. The van der Waals surface area contributed by atoms with Crippen molar-refractivity contribution in [3.63, 3.8) is 0 Å². The van der Waals surface area contributed by atoms with Gasteiger partial charge in [-0.05, 0) is 62.3 Å². The third-order valence-corrected chi connectivity index (χ3v) is 7.38. The molecule has 5 nitrogen and oxygen atoms in total. The van der Waals surface area contributed by atoms with E-state index >= 15 is 0 Å². The van der Waals surface area contributed by atoms with Crippen LogP contribution in [0.1, 0.15) is 38.2 Å². The Morgan fingerprint density at radius 1 is 1.16 bits per heavy atom. The molecule has 0 unspecified atom stereocenters. The van der Waals surface area contributed by atoms with Crippen molar-refractivity contribution in [2.24, 2.45) is 5.92 Å². The standard InChI is InChI=1S/C18H25FN2O3S/c1-13-7-10-20(11-8-13)18(22)16-4-3-9-21(16)25(23,24)17-6-5-15(19)12-14(17)2/h5-6,12-13,16H,3-4,7-11H2,1-2H3/t16-/m0/s1. The minimum absolute atomic E-state index is 0.0841. The van der Waals surface area contributed by atoms with Gasteiger partial charge in [-0.2, -0.15) is 4.31 Å². The maximum absolute atomic E-state index is 13.3. The highest BCUT2D eigenvalue weighted by Gasteiger charge is 2.42. The quantitative estimate of drug-likeness (QED) is 0.824. The van der Waals surface area contributed by atoms with E-state index < -0.39 is 21.9 Å². The lowest BCUT2D eigenvalue weighted by Gasteiger charge is -2.34. The number of amides is 1. The molecule has 2 heterocycles. The van der Waals surface area contributed by atoms with Crippen LogP contribution in [-0.4, -0.2) is 49.2 Å². The van der Waals surface area contributed by atoms with E-state index in [0.717, 1.165) is 18.9 Å². The summed E-state index contributed by atoms with van der Waals surface area (Å²) in [5, 5.41) is 0. The van der Waals surface area contributed by atoms with Crippen molar-refractivity contribution in [1.29, 1.82) is 0 Å². The number of likely N-dealkylation sites (tertiary alicyclic amines) is 1. The number of carbonyl (C=O) groups is 1. The molecule has 1 aromatic rings. The second-order valence-electron chi connectivity index (χ2n) is 7.19. The van der Waals surface area contributed by atoms with E-state index in [1.54, 1.807) is 11.8 Å². The number of hydrogen-bond donors (Lipinski definition) is 0. The Bertz CT molecular complexity index is 758. The zero-order valence-electron chi connectivity index (χ0n) is 14.7. The van der Waals surface area contributed by atoms with Crippen LogP contribution in [0, 0.1) is 18.7 Å². The normalized spacial score (nSPS) is 23.2. The number of rotatable bonds is 3. The molecule has 2 aliphatic heterocycles. The number of nitrogens with zero attached hydrogens (tertiary/aromatic N) is 2. The highest BCUT2D eigenvalue weighted by atomic mass is 32.2. The van der Waals surface area contributed by atoms with Crippen molar-refractivity contribution < 1.29 is 17.6 Å². The summed E-state index contributed by atoms with van der Waals surface area (Å²) in [6.45, 7) is 5.47. The largest absolute Gasteiger partial charge is 0.341 e. The number of benzene rings is 1. The van der Waals surface area contributed by atoms with Crippen LogP contribution in [0.15, 0.2) is 23.1 Å². The summed E-state index contributed by atoms with van der Waals surface area (Å²) in [6.07, 6.45) is 3.13. The molecule has 25 heavy (non-hydrogen) atoms. The zero-order valence-corrected chi connectivity index (χ0v) is 15.6. The molecule has 2 fully saturated rings. The Morgan fingerprint density at radius 3 is 2.48 bits per heavy atom. The van der Waals surface area contributed by atoms with Gasteiger partial charge in [0.1, 0.15) is 11.9 Å². The van der Waals surface area contributed by atoms with Crippen LogP contribution in [0.4, 0.5) is 4.39 Å². The van der Waals surface area contributed by atoms with Crippen LogP contribution >= 0.6 is 0 Å². The van der Waals surface area contributed by atoms with Gasteiger partial charge in [0.25, 0.3) is 0 Å². The van der Waals surface area contributed by atoms with Gasteiger partial charge in [-0.3, -0.25) is 4.79 Å². The fraction of sp³-hybridized carbons (Fsp3) is 0.611. The van der Waals surface area contributed by atoms with Gasteiger partial charge in [-0.25, -0.2) is 12.8 Å². The maximum Gasteiger partial charge on any atom is 0.244 e. The van der Waals surface area contributed by atoms with E-state index in [9.17, 15) is 17.6 Å². The predicted molar refractivity (Wildman–Crippen MR) is 93.0 cm³/mol. The number of piperidine rings is 1. The molecule has 0 aliphatic carbocycles. The Hall–Kier alpha value is -1.47. The van der Waals surface area contributed by atoms with Crippen LogP contribution in [-0.2, 0) is 14.8 Å². The number of halogens is 1. The van der Waals surface area contributed by atoms with Gasteiger partial charge in [-0.15, -0.1) is 0 Å². The number of sulfonamides is 1. The van der Waals surface area contributed by atoms with Gasteiger partial charge in [0, 0.05) is 19.6 Å². The van der Waals surface area contributed by atoms with Crippen molar-refractivity contribution in [2.45, 2.75) is 50.5 Å². The first-order valence-electron chi connectivity index (χ1n) is 8.87. The van der Waals surface area contributed by atoms with Crippen LogP contribution in [0.25, 0.3) is 0 Å². The monoisotopic (exact) mass is 368 g/mol. The molecule has 3 rings (SSSR count). The molecular formula is C18H25FN2O3S. The second kappa shape index (κ2) is 7.03. The van der Waals surface area contributed by atoms with Gasteiger partial charge >= 0.3 is 0 Å². The van der Waals surface area contributed by atoms with Gasteiger partial charge in [-0.1, -0.05) is 6.92 Å². The number of hydrogen-bond acceptors (Lipinski definition) is 3. The lowest BCUT2D eigenvalue weighted by atomic mass is 9.98. The number of aryl methyl sites for hydroxylation is 1. The van der Waals surface area contributed by atoms with E-state index in [-0.39, 0.29) is 10.8 Å². The summed E-state index contributed by atoms with van der Waals surface area (Å²) in [4.78, 5) is 14.8. The smallest absolute Gasteiger partial charge is 0.244 e. The minimum Gasteiger partial charge on any atom is -0.341 e. The van der Waals surface area contributed by atoms with E-state index in [0.29, 0.717) is 44.0 Å². The molecule has 138 valence electrons. The lowest BCUT2D eigenvalue weighted by Crippen LogP contribution is -2.49. The summed E-state index contributed by atoms with van der Waals surface area (Å²) < 4.78 is 40.7. The lowest BCUT2D eigenvalue weighted by molar-refractivity contribution is -0.135.